The molecule has 3 aromatic carbocycles. The average Bonchev–Trinajstić information content (AvgIpc) is 3.22. The summed E-state index contributed by atoms with van der Waals surface area (Å²) in [6.07, 6.45) is 0. The number of benzene rings is 3. The number of aromatic nitrogens is 2. The van der Waals surface area contributed by atoms with Gasteiger partial charge in [-0.05, 0) is 63.5 Å². The average molecular weight is 387 g/mol. The Hall–Kier alpha value is -3.36. The third kappa shape index (κ3) is 2.76. The van der Waals surface area contributed by atoms with Crippen LogP contribution in [0.3, 0.4) is 0 Å². The summed E-state index contributed by atoms with van der Waals surface area (Å²) in [5.74, 6) is 6.01. The van der Waals surface area contributed by atoms with Gasteiger partial charge in [-0.3, -0.25) is 4.90 Å². The van der Waals surface area contributed by atoms with Crippen LogP contribution in [0.25, 0.3) is 43.6 Å². The molecule has 29 heavy (non-hydrogen) atoms. The Kier molecular flexibility index (Phi) is 3.87. The number of rotatable bonds is 1. The second-order valence-corrected chi connectivity index (χ2v) is 7.64. The number of nitrogens with zero attached hydrogens (tertiary/aromatic N) is 1. The topological polar surface area (TPSA) is 34.8 Å². The Balaban J connectivity index is 1.95. The number of hydrogen-bond acceptors (Lipinski definition) is 1. The first-order valence-corrected chi connectivity index (χ1v) is 9.45. The second kappa shape index (κ2) is 6.33. The van der Waals surface area contributed by atoms with Gasteiger partial charge < -0.3 is 9.97 Å². The Morgan fingerprint density at radius 1 is 0.793 bits per heavy atom. The van der Waals surface area contributed by atoms with Gasteiger partial charge in [-0.15, -0.1) is 0 Å². The van der Waals surface area contributed by atoms with Crippen LogP contribution < -0.4 is 0 Å². The molecule has 2 N–H and O–H groups in total. The van der Waals surface area contributed by atoms with Gasteiger partial charge in [-0.2, -0.15) is 0 Å². The van der Waals surface area contributed by atoms with Crippen molar-refractivity contribution >= 4 is 43.6 Å². The first kappa shape index (κ1) is 17.7. The molecule has 0 radical (unpaired) electrons. The normalized spacial score (nSPS) is 12.9. The first-order valence-electron chi connectivity index (χ1n) is 9.45. The highest BCUT2D eigenvalue weighted by Crippen LogP contribution is 2.36. The molecule has 0 spiro atoms. The van der Waals surface area contributed by atoms with Crippen molar-refractivity contribution in [1.82, 2.24) is 14.9 Å². The summed E-state index contributed by atoms with van der Waals surface area (Å²) in [6, 6.07) is 11.4. The van der Waals surface area contributed by atoms with Gasteiger partial charge in [0.2, 0.25) is 0 Å². The third-order valence-corrected chi connectivity index (χ3v) is 5.57. The van der Waals surface area contributed by atoms with Crippen LogP contribution >= 0.6 is 0 Å². The van der Waals surface area contributed by atoms with Crippen molar-refractivity contribution in [2.24, 2.45) is 0 Å². The molecule has 0 bridgehead atoms. The molecular weight excluding hydrogens is 368 g/mol. The van der Waals surface area contributed by atoms with E-state index >= 15 is 0 Å². The lowest BCUT2D eigenvalue weighted by Gasteiger charge is -2.12. The van der Waals surface area contributed by atoms with Crippen LogP contribution in [0.15, 0.2) is 42.5 Å². The van der Waals surface area contributed by atoms with Crippen molar-refractivity contribution in [3.05, 3.63) is 59.7 Å². The van der Waals surface area contributed by atoms with Crippen LogP contribution in [-0.4, -0.2) is 35.0 Å². The van der Waals surface area contributed by atoms with E-state index in [9.17, 15) is 8.78 Å². The molecule has 0 fully saturated rings. The van der Waals surface area contributed by atoms with Crippen molar-refractivity contribution in [1.29, 1.82) is 0 Å². The van der Waals surface area contributed by atoms with E-state index in [0.29, 0.717) is 0 Å². The molecule has 0 aliphatic carbocycles. The van der Waals surface area contributed by atoms with E-state index < -0.39 is 0 Å². The molecule has 0 aliphatic rings. The van der Waals surface area contributed by atoms with Crippen LogP contribution in [0.1, 0.15) is 12.5 Å². The minimum atomic E-state index is -0.294. The maximum Gasteiger partial charge on any atom is 0.123 e. The molecule has 0 amide bonds. The lowest BCUT2D eigenvalue weighted by Crippen LogP contribution is -2.22. The minimum Gasteiger partial charge on any atom is -0.353 e. The monoisotopic (exact) mass is 387 g/mol. The van der Waals surface area contributed by atoms with Crippen molar-refractivity contribution in [2.75, 3.05) is 14.1 Å². The lowest BCUT2D eigenvalue weighted by molar-refractivity contribution is 0.373. The molecule has 2 heterocycles. The highest BCUT2D eigenvalue weighted by molar-refractivity contribution is 6.20. The van der Waals surface area contributed by atoms with E-state index in [0.717, 1.165) is 49.2 Å². The van der Waals surface area contributed by atoms with Crippen molar-refractivity contribution in [3.8, 4) is 11.8 Å². The van der Waals surface area contributed by atoms with Crippen molar-refractivity contribution in [3.63, 3.8) is 0 Å². The van der Waals surface area contributed by atoms with E-state index in [4.69, 9.17) is 0 Å². The largest absolute Gasteiger partial charge is 0.353 e. The first-order chi connectivity index (χ1) is 13.9. The highest BCUT2D eigenvalue weighted by Gasteiger charge is 2.16. The molecule has 5 aromatic rings. The fourth-order valence-electron chi connectivity index (χ4n) is 3.76. The molecule has 1 atom stereocenters. The number of nitrogens with one attached hydrogen (secondary N) is 2. The quantitative estimate of drug-likeness (QED) is 0.364. The SMILES string of the molecule is CC(C#Cc1c2[nH]c3ccc(F)cc3c2cc2c1[nH]c1ccc(F)cc12)N(C)C. The molecule has 0 saturated carbocycles. The smallest absolute Gasteiger partial charge is 0.123 e. The van der Waals surface area contributed by atoms with Crippen LogP contribution in [0.4, 0.5) is 8.78 Å². The maximum atomic E-state index is 13.9. The fourth-order valence-corrected chi connectivity index (χ4v) is 3.76. The zero-order valence-electron chi connectivity index (χ0n) is 16.3. The Morgan fingerprint density at radius 3 is 1.79 bits per heavy atom. The summed E-state index contributed by atoms with van der Waals surface area (Å²) in [6.45, 7) is 2.03. The molecule has 5 rings (SSSR count). The van der Waals surface area contributed by atoms with Gasteiger partial charge in [0.1, 0.15) is 11.6 Å². The van der Waals surface area contributed by atoms with Crippen LogP contribution in [0.5, 0.6) is 0 Å². The summed E-state index contributed by atoms with van der Waals surface area (Å²) < 4.78 is 27.9. The predicted molar refractivity (Wildman–Crippen MR) is 115 cm³/mol. The molecule has 5 heteroatoms. The zero-order valence-corrected chi connectivity index (χ0v) is 16.3. The highest BCUT2D eigenvalue weighted by atomic mass is 19.1. The van der Waals surface area contributed by atoms with Crippen molar-refractivity contribution < 1.29 is 8.78 Å². The maximum absolute atomic E-state index is 13.9. The molecule has 144 valence electrons. The predicted octanol–water partition coefficient (Wildman–Crippen LogP) is 5.54. The van der Waals surface area contributed by atoms with E-state index in [1.54, 1.807) is 12.1 Å². The molecule has 0 saturated heterocycles. The number of hydrogen-bond donors (Lipinski definition) is 2. The summed E-state index contributed by atoms with van der Waals surface area (Å²) in [7, 11) is 3.96. The summed E-state index contributed by atoms with van der Waals surface area (Å²) in [5.41, 5.74) is 4.19. The van der Waals surface area contributed by atoms with E-state index in [1.807, 2.05) is 32.0 Å². The Bertz CT molecular complexity index is 1380. The molecular formula is C24H19F2N3. The van der Waals surface area contributed by atoms with Gasteiger partial charge in [0.25, 0.3) is 0 Å². The van der Waals surface area contributed by atoms with E-state index in [-0.39, 0.29) is 17.7 Å². The Labute approximate surface area is 166 Å². The van der Waals surface area contributed by atoms with Gasteiger partial charge >= 0.3 is 0 Å². The number of aromatic amines is 2. The van der Waals surface area contributed by atoms with E-state index in [2.05, 4.69) is 21.8 Å². The van der Waals surface area contributed by atoms with Gasteiger partial charge in [0.05, 0.1) is 22.6 Å². The third-order valence-electron chi connectivity index (χ3n) is 5.57. The van der Waals surface area contributed by atoms with E-state index in [1.165, 1.54) is 24.3 Å². The van der Waals surface area contributed by atoms with Gasteiger partial charge in [-0.25, -0.2) is 8.78 Å². The van der Waals surface area contributed by atoms with Crippen LogP contribution in [0.2, 0.25) is 0 Å². The number of halogens is 2. The number of H-pyrrole nitrogens is 2. The Morgan fingerprint density at radius 2 is 1.31 bits per heavy atom. The second-order valence-electron chi connectivity index (χ2n) is 7.64. The summed E-state index contributed by atoms with van der Waals surface area (Å²) in [4.78, 5) is 8.83. The van der Waals surface area contributed by atoms with Gasteiger partial charge in [0.15, 0.2) is 0 Å². The zero-order chi connectivity index (χ0) is 20.3. The van der Waals surface area contributed by atoms with Gasteiger partial charge in [-0.1, -0.05) is 11.8 Å². The lowest BCUT2D eigenvalue weighted by atomic mass is 10.0. The minimum absolute atomic E-state index is 0.0592. The molecule has 2 aromatic heterocycles. The van der Waals surface area contributed by atoms with Crippen LogP contribution in [-0.2, 0) is 0 Å². The van der Waals surface area contributed by atoms with Gasteiger partial charge in [0, 0.05) is 32.6 Å². The summed E-state index contributed by atoms with van der Waals surface area (Å²) >= 11 is 0. The molecule has 3 nitrogen and oxygen atoms in total. The summed E-state index contributed by atoms with van der Waals surface area (Å²) in [5, 5.41) is 3.32. The molecule has 0 aliphatic heterocycles. The van der Waals surface area contributed by atoms with Crippen molar-refractivity contribution in [2.45, 2.75) is 13.0 Å². The standard InChI is InChI=1S/C24H19F2N3/c1-13(29(2)3)4-7-16-23-19(17-10-14(25)5-8-21(17)27-23)12-20-18-11-15(26)6-9-22(18)28-24(16)20/h5-6,8-13,27-28H,1-3H3. The van der Waals surface area contributed by atoms with Crippen LogP contribution in [0, 0.1) is 23.5 Å². The molecule has 1 unspecified atom stereocenters. The number of fused-ring (bicyclic) bond motifs is 6. The fraction of sp³-hybridized carbons (Fsp3) is 0.167.